The number of aryl methyl sites for hydroxylation is 3. The largest absolute Gasteiger partial charge is 0.369 e. The van der Waals surface area contributed by atoms with Crippen LogP contribution in [-0.4, -0.2) is 49.6 Å². The van der Waals surface area contributed by atoms with Gasteiger partial charge >= 0.3 is 0 Å². The Morgan fingerprint density at radius 1 is 1.11 bits per heavy atom. The van der Waals surface area contributed by atoms with Crippen molar-refractivity contribution in [2.75, 3.05) is 13.1 Å². The molecular weight excluding hydrogens is 344 g/mol. The molecule has 0 radical (unpaired) electrons. The minimum atomic E-state index is -0.275. The first-order valence-electron chi connectivity index (χ1n) is 9.21. The van der Waals surface area contributed by atoms with E-state index in [-0.39, 0.29) is 24.2 Å². The van der Waals surface area contributed by atoms with Crippen molar-refractivity contribution in [3.05, 3.63) is 34.4 Å². The van der Waals surface area contributed by atoms with E-state index in [1.807, 2.05) is 38.7 Å². The summed E-state index contributed by atoms with van der Waals surface area (Å²) in [7, 11) is 0. The Kier molecular flexibility index (Phi) is 5.25. The van der Waals surface area contributed by atoms with Gasteiger partial charge in [-0.15, -0.1) is 0 Å². The number of carbonyl (C=O) groups excluding carboxylic acids is 2. The predicted octanol–water partition coefficient (Wildman–Crippen LogP) is 1.16. The van der Waals surface area contributed by atoms with Crippen LogP contribution in [0.2, 0.25) is 0 Å². The normalized spacial score (nSPS) is 15.2. The lowest BCUT2D eigenvalue weighted by Crippen LogP contribution is -2.42. The Bertz CT molecular complexity index is 860. The molecule has 3 heterocycles. The van der Waals surface area contributed by atoms with Crippen LogP contribution in [0.4, 0.5) is 0 Å². The molecule has 1 aliphatic rings. The maximum absolute atomic E-state index is 12.7. The van der Waals surface area contributed by atoms with Crippen LogP contribution in [0.15, 0.2) is 6.07 Å². The van der Waals surface area contributed by atoms with Gasteiger partial charge in [-0.25, -0.2) is 14.6 Å². The number of primary amides is 1. The molecule has 0 spiro atoms. The molecule has 2 N–H and O–H groups in total. The average Bonchev–Trinajstić information content (AvgIpc) is 2.89. The van der Waals surface area contributed by atoms with Crippen LogP contribution in [0.3, 0.4) is 0 Å². The highest BCUT2D eigenvalue weighted by molar-refractivity contribution is 5.80. The van der Waals surface area contributed by atoms with Crippen molar-refractivity contribution >= 4 is 11.8 Å². The van der Waals surface area contributed by atoms with Crippen molar-refractivity contribution in [1.29, 1.82) is 0 Å². The van der Waals surface area contributed by atoms with Gasteiger partial charge in [-0.3, -0.25) is 9.59 Å². The lowest BCUT2D eigenvalue weighted by molar-refractivity contribution is -0.134. The summed E-state index contributed by atoms with van der Waals surface area (Å²) in [5, 5.41) is 4.56. The van der Waals surface area contributed by atoms with E-state index in [1.165, 1.54) is 0 Å². The molecule has 2 aromatic rings. The molecule has 144 valence electrons. The van der Waals surface area contributed by atoms with E-state index in [4.69, 9.17) is 5.73 Å². The summed E-state index contributed by atoms with van der Waals surface area (Å²) in [6, 6.07) is 1.91. The fraction of sp³-hybridized carbons (Fsp3) is 0.526. The van der Waals surface area contributed by atoms with Gasteiger partial charge < -0.3 is 10.6 Å². The number of hydrogen-bond acceptors (Lipinski definition) is 5. The molecule has 8 heteroatoms. The molecule has 0 atom stereocenters. The lowest BCUT2D eigenvalue weighted by atomic mass is 9.96. The summed E-state index contributed by atoms with van der Waals surface area (Å²) >= 11 is 0. The highest BCUT2D eigenvalue weighted by Crippen LogP contribution is 2.21. The van der Waals surface area contributed by atoms with Crippen LogP contribution in [0.1, 0.15) is 41.2 Å². The van der Waals surface area contributed by atoms with Gasteiger partial charge in [0, 0.05) is 41.7 Å². The zero-order valence-electron chi connectivity index (χ0n) is 16.3. The number of nitrogens with two attached hydrogens (primary N) is 1. The topological polar surface area (TPSA) is 107 Å². The Morgan fingerprint density at radius 3 is 2.26 bits per heavy atom. The van der Waals surface area contributed by atoms with Crippen LogP contribution in [0, 0.1) is 33.6 Å². The van der Waals surface area contributed by atoms with Gasteiger partial charge in [0.2, 0.25) is 11.8 Å². The molecular formula is C19H26N6O2. The molecule has 1 fully saturated rings. The molecule has 0 aromatic carbocycles. The number of likely N-dealkylation sites (tertiary alicyclic amines) is 1. The number of nitrogens with zero attached hydrogens (tertiary/aromatic N) is 5. The van der Waals surface area contributed by atoms with E-state index in [0.717, 1.165) is 28.3 Å². The van der Waals surface area contributed by atoms with Crippen LogP contribution in [0.5, 0.6) is 0 Å². The predicted molar refractivity (Wildman–Crippen MR) is 100 cm³/mol. The second-order valence-corrected chi connectivity index (χ2v) is 7.25. The summed E-state index contributed by atoms with van der Waals surface area (Å²) < 4.78 is 1.71. The fourth-order valence-corrected chi connectivity index (χ4v) is 3.60. The first-order valence-corrected chi connectivity index (χ1v) is 9.21. The van der Waals surface area contributed by atoms with E-state index in [2.05, 4.69) is 15.1 Å². The lowest BCUT2D eigenvalue weighted by Gasteiger charge is -2.30. The molecule has 27 heavy (non-hydrogen) atoms. The molecule has 3 rings (SSSR count). The zero-order chi connectivity index (χ0) is 19.7. The van der Waals surface area contributed by atoms with Crippen molar-refractivity contribution in [2.45, 2.75) is 47.0 Å². The summed E-state index contributed by atoms with van der Waals surface area (Å²) in [6.07, 6.45) is 1.55. The van der Waals surface area contributed by atoms with E-state index in [9.17, 15) is 9.59 Å². The monoisotopic (exact) mass is 370 g/mol. The first-order chi connectivity index (χ1) is 12.8. The number of rotatable bonds is 4. The Hall–Kier alpha value is -2.77. The average molecular weight is 370 g/mol. The summed E-state index contributed by atoms with van der Waals surface area (Å²) in [5.41, 5.74) is 9.69. The van der Waals surface area contributed by atoms with Crippen LogP contribution in [-0.2, 0) is 16.0 Å². The molecule has 2 amide bonds. The van der Waals surface area contributed by atoms with Gasteiger partial charge in [0.05, 0.1) is 12.1 Å². The number of aromatic nitrogens is 4. The van der Waals surface area contributed by atoms with Crippen LogP contribution >= 0.6 is 0 Å². The van der Waals surface area contributed by atoms with Gasteiger partial charge in [-0.2, -0.15) is 5.10 Å². The first kappa shape index (κ1) is 19.0. The number of amides is 2. The van der Waals surface area contributed by atoms with Crippen LogP contribution < -0.4 is 5.73 Å². The molecule has 2 aromatic heterocycles. The third kappa shape index (κ3) is 3.99. The quantitative estimate of drug-likeness (QED) is 0.869. The highest BCUT2D eigenvalue weighted by Gasteiger charge is 2.27. The van der Waals surface area contributed by atoms with E-state index >= 15 is 0 Å². The molecule has 0 unspecified atom stereocenters. The maximum Gasteiger partial charge on any atom is 0.251 e. The second-order valence-electron chi connectivity index (χ2n) is 7.25. The highest BCUT2D eigenvalue weighted by atomic mass is 16.2. The third-order valence-electron chi connectivity index (χ3n) is 5.18. The standard InChI is InChI=1S/C19H26N6O2/c1-11-9-12(2)22-19(21-11)25-14(4)16(13(3)23-25)10-17(26)24-7-5-15(6-8-24)18(20)27/h9,15H,5-8,10H2,1-4H3,(H2,20,27). The van der Waals surface area contributed by atoms with Crippen LogP contribution in [0.25, 0.3) is 5.95 Å². The molecule has 0 saturated carbocycles. The van der Waals surface area contributed by atoms with Crippen molar-refractivity contribution < 1.29 is 9.59 Å². The van der Waals surface area contributed by atoms with Gasteiger partial charge in [-0.1, -0.05) is 0 Å². The van der Waals surface area contributed by atoms with E-state index in [0.29, 0.717) is 31.9 Å². The number of carbonyl (C=O) groups is 2. The van der Waals surface area contributed by atoms with Gasteiger partial charge in [0.25, 0.3) is 5.95 Å². The van der Waals surface area contributed by atoms with Crippen molar-refractivity contribution in [3.8, 4) is 5.95 Å². The van der Waals surface area contributed by atoms with Gasteiger partial charge in [-0.05, 0) is 46.6 Å². The summed E-state index contributed by atoms with van der Waals surface area (Å²) in [4.78, 5) is 34.8. The molecule has 8 nitrogen and oxygen atoms in total. The SMILES string of the molecule is Cc1cc(C)nc(-n2nc(C)c(CC(=O)N3CCC(C(N)=O)CC3)c2C)n1. The maximum atomic E-state index is 12.7. The van der Waals surface area contributed by atoms with Gasteiger partial charge in [0.1, 0.15) is 0 Å². The molecule has 1 aliphatic heterocycles. The van der Waals surface area contributed by atoms with E-state index < -0.39 is 0 Å². The minimum Gasteiger partial charge on any atom is -0.369 e. The Morgan fingerprint density at radius 2 is 1.70 bits per heavy atom. The summed E-state index contributed by atoms with van der Waals surface area (Å²) in [6.45, 7) is 8.81. The fourth-order valence-electron chi connectivity index (χ4n) is 3.60. The Labute approximate surface area is 158 Å². The minimum absolute atomic E-state index is 0.0463. The van der Waals surface area contributed by atoms with E-state index in [1.54, 1.807) is 4.68 Å². The van der Waals surface area contributed by atoms with Crippen molar-refractivity contribution in [3.63, 3.8) is 0 Å². The number of hydrogen-bond donors (Lipinski definition) is 1. The summed E-state index contributed by atoms with van der Waals surface area (Å²) in [5.74, 6) is 0.171. The number of piperidine rings is 1. The molecule has 0 aliphatic carbocycles. The Balaban J connectivity index is 1.77. The van der Waals surface area contributed by atoms with Gasteiger partial charge in [0.15, 0.2) is 0 Å². The van der Waals surface area contributed by atoms with Crippen molar-refractivity contribution in [1.82, 2.24) is 24.6 Å². The molecule has 0 bridgehead atoms. The molecule has 1 saturated heterocycles. The zero-order valence-corrected chi connectivity index (χ0v) is 16.3. The third-order valence-corrected chi connectivity index (χ3v) is 5.18. The second kappa shape index (κ2) is 7.46. The van der Waals surface area contributed by atoms with Crippen molar-refractivity contribution in [2.24, 2.45) is 11.7 Å². The smallest absolute Gasteiger partial charge is 0.251 e.